The van der Waals surface area contributed by atoms with Gasteiger partial charge in [-0.1, -0.05) is 18.2 Å². The first kappa shape index (κ1) is 12.3. The molecule has 0 saturated carbocycles. The Labute approximate surface area is 116 Å². The summed E-state index contributed by atoms with van der Waals surface area (Å²) >= 11 is 0. The first-order valence-electron chi connectivity index (χ1n) is 6.26. The molecule has 0 spiro atoms. The van der Waals surface area contributed by atoms with Crippen LogP contribution in [0, 0.1) is 0 Å². The van der Waals surface area contributed by atoms with Gasteiger partial charge in [-0.05, 0) is 24.3 Å². The molecule has 0 fully saturated rings. The van der Waals surface area contributed by atoms with Crippen LogP contribution in [0.25, 0.3) is 0 Å². The molecule has 5 heteroatoms. The predicted octanol–water partition coefficient (Wildman–Crippen LogP) is 1.84. The summed E-state index contributed by atoms with van der Waals surface area (Å²) in [6.07, 6.45) is 0. The molecule has 0 bridgehead atoms. The minimum atomic E-state index is -0.330. The fourth-order valence-corrected chi connectivity index (χ4v) is 2.26. The Morgan fingerprint density at radius 3 is 2.95 bits per heavy atom. The van der Waals surface area contributed by atoms with Crippen LogP contribution in [-0.4, -0.2) is 17.6 Å². The quantitative estimate of drug-likeness (QED) is 0.574. The number of hydrogen-bond acceptors (Lipinski definition) is 4. The van der Waals surface area contributed by atoms with Gasteiger partial charge in [-0.15, -0.1) is 0 Å². The third-order valence-electron chi connectivity index (χ3n) is 3.29. The van der Waals surface area contributed by atoms with Crippen LogP contribution < -0.4 is 15.8 Å². The number of nitrogens with one attached hydrogen (secondary N) is 1. The summed E-state index contributed by atoms with van der Waals surface area (Å²) in [5, 5.41) is 12.3. The fraction of sp³-hybridized carbons (Fsp3) is 0.133. The highest BCUT2D eigenvalue weighted by Crippen LogP contribution is 2.32. The first-order valence-corrected chi connectivity index (χ1v) is 6.26. The molecule has 1 heterocycles. The number of phenols is 1. The van der Waals surface area contributed by atoms with Crippen molar-refractivity contribution in [2.45, 2.75) is 6.04 Å². The van der Waals surface area contributed by atoms with E-state index in [9.17, 15) is 9.90 Å². The highest BCUT2D eigenvalue weighted by molar-refractivity contribution is 5.99. The standard InChI is InChI=1S/C15H14N2O3/c16-12-6-5-9(18)7-11(12)15(19)17-13-8-20-14-4-2-1-3-10(13)14/h1-7,13,18H,8,16H2,(H,17,19). The Balaban J connectivity index is 1.82. The van der Waals surface area contributed by atoms with Gasteiger partial charge in [-0.25, -0.2) is 0 Å². The van der Waals surface area contributed by atoms with Crippen molar-refractivity contribution in [2.75, 3.05) is 12.3 Å². The second-order valence-corrected chi connectivity index (χ2v) is 4.65. The maximum absolute atomic E-state index is 12.2. The summed E-state index contributed by atoms with van der Waals surface area (Å²) in [6, 6.07) is 11.7. The molecule has 2 aromatic rings. The van der Waals surface area contributed by atoms with Crippen molar-refractivity contribution in [3.8, 4) is 11.5 Å². The van der Waals surface area contributed by atoms with Gasteiger partial charge in [-0.2, -0.15) is 0 Å². The topological polar surface area (TPSA) is 84.6 Å². The van der Waals surface area contributed by atoms with Gasteiger partial charge in [0.2, 0.25) is 0 Å². The number of benzene rings is 2. The summed E-state index contributed by atoms with van der Waals surface area (Å²) in [5.41, 5.74) is 7.29. The second kappa shape index (κ2) is 4.77. The van der Waals surface area contributed by atoms with Crippen LogP contribution >= 0.6 is 0 Å². The molecule has 20 heavy (non-hydrogen) atoms. The van der Waals surface area contributed by atoms with Crippen molar-refractivity contribution < 1.29 is 14.6 Å². The Morgan fingerprint density at radius 1 is 1.30 bits per heavy atom. The van der Waals surface area contributed by atoms with E-state index in [-0.39, 0.29) is 23.3 Å². The monoisotopic (exact) mass is 270 g/mol. The second-order valence-electron chi connectivity index (χ2n) is 4.65. The van der Waals surface area contributed by atoms with Gasteiger partial charge in [0.15, 0.2) is 0 Å². The summed E-state index contributed by atoms with van der Waals surface area (Å²) < 4.78 is 5.51. The number of fused-ring (bicyclic) bond motifs is 1. The molecule has 4 N–H and O–H groups in total. The highest BCUT2D eigenvalue weighted by Gasteiger charge is 2.26. The molecular weight excluding hydrogens is 256 g/mol. The molecule has 3 rings (SSSR count). The Kier molecular flexibility index (Phi) is 2.95. The lowest BCUT2D eigenvalue weighted by Gasteiger charge is -2.13. The molecule has 1 aliphatic rings. The maximum Gasteiger partial charge on any atom is 0.254 e. The third-order valence-corrected chi connectivity index (χ3v) is 3.29. The Morgan fingerprint density at radius 2 is 2.10 bits per heavy atom. The van der Waals surface area contributed by atoms with Crippen molar-refractivity contribution in [1.29, 1.82) is 0 Å². The van der Waals surface area contributed by atoms with Crippen LogP contribution in [0.2, 0.25) is 0 Å². The van der Waals surface area contributed by atoms with E-state index in [4.69, 9.17) is 10.5 Å². The van der Waals surface area contributed by atoms with Crippen molar-refractivity contribution in [3.05, 3.63) is 53.6 Å². The van der Waals surface area contributed by atoms with E-state index < -0.39 is 0 Å². The third kappa shape index (κ3) is 2.14. The molecule has 5 nitrogen and oxygen atoms in total. The summed E-state index contributed by atoms with van der Waals surface area (Å²) in [5.74, 6) is 0.456. The largest absolute Gasteiger partial charge is 0.508 e. The number of carbonyl (C=O) groups excluding carboxylic acids is 1. The molecule has 0 aliphatic carbocycles. The molecule has 2 aromatic carbocycles. The summed E-state index contributed by atoms with van der Waals surface area (Å²) in [6.45, 7) is 0.393. The molecule has 1 unspecified atom stereocenters. The van der Waals surface area contributed by atoms with Gasteiger partial charge < -0.3 is 20.9 Å². The van der Waals surface area contributed by atoms with E-state index in [1.54, 1.807) is 0 Å². The zero-order chi connectivity index (χ0) is 14.1. The molecule has 1 atom stereocenters. The number of rotatable bonds is 2. The summed E-state index contributed by atoms with van der Waals surface area (Å²) in [7, 11) is 0. The average Bonchev–Trinajstić information content (AvgIpc) is 2.85. The normalized spacial score (nSPS) is 16.3. The van der Waals surface area contributed by atoms with Crippen molar-refractivity contribution in [2.24, 2.45) is 0 Å². The highest BCUT2D eigenvalue weighted by atomic mass is 16.5. The molecule has 0 radical (unpaired) electrons. The van der Waals surface area contributed by atoms with Crippen LogP contribution in [0.3, 0.4) is 0 Å². The van der Waals surface area contributed by atoms with Crippen LogP contribution in [0.1, 0.15) is 22.0 Å². The SMILES string of the molecule is Nc1ccc(O)cc1C(=O)NC1COc2ccccc21. The number of hydrogen-bond donors (Lipinski definition) is 3. The minimum absolute atomic E-state index is 0.00687. The van der Waals surface area contributed by atoms with E-state index in [0.717, 1.165) is 11.3 Å². The molecule has 0 aromatic heterocycles. The number of carbonyl (C=O) groups is 1. The maximum atomic E-state index is 12.2. The molecule has 0 saturated heterocycles. The van der Waals surface area contributed by atoms with Crippen molar-refractivity contribution in [1.82, 2.24) is 5.32 Å². The number of ether oxygens (including phenoxy) is 1. The van der Waals surface area contributed by atoms with Gasteiger partial charge in [0.1, 0.15) is 18.1 Å². The predicted molar refractivity (Wildman–Crippen MR) is 74.7 cm³/mol. The van der Waals surface area contributed by atoms with Crippen LogP contribution in [0.5, 0.6) is 11.5 Å². The molecule has 1 aliphatic heterocycles. The van der Waals surface area contributed by atoms with E-state index in [1.807, 2.05) is 24.3 Å². The van der Waals surface area contributed by atoms with Crippen LogP contribution in [0.15, 0.2) is 42.5 Å². The van der Waals surface area contributed by atoms with Crippen LogP contribution in [-0.2, 0) is 0 Å². The lowest BCUT2D eigenvalue weighted by molar-refractivity contribution is 0.0931. The van der Waals surface area contributed by atoms with E-state index in [1.165, 1.54) is 18.2 Å². The van der Waals surface area contributed by atoms with E-state index >= 15 is 0 Å². The number of anilines is 1. The van der Waals surface area contributed by atoms with Crippen LogP contribution in [0.4, 0.5) is 5.69 Å². The first-order chi connectivity index (χ1) is 9.65. The number of nitrogen functional groups attached to an aromatic ring is 1. The van der Waals surface area contributed by atoms with Crippen molar-refractivity contribution in [3.63, 3.8) is 0 Å². The summed E-state index contributed by atoms with van der Waals surface area (Å²) in [4.78, 5) is 12.2. The number of phenolic OH excluding ortho intramolecular Hbond substituents is 1. The lowest BCUT2D eigenvalue weighted by Crippen LogP contribution is -2.29. The van der Waals surface area contributed by atoms with Crippen molar-refractivity contribution >= 4 is 11.6 Å². The number of nitrogens with two attached hydrogens (primary N) is 1. The van der Waals surface area contributed by atoms with E-state index in [2.05, 4.69) is 5.32 Å². The Bertz CT molecular complexity index is 670. The van der Waals surface area contributed by atoms with Gasteiger partial charge >= 0.3 is 0 Å². The number of para-hydroxylation sites is 1. The van der Waals surface area contributed by atoms with Gasteiger partial charge in [0.25, 0.3) is 5.91 Å². The minimum Gasteiger partial charge on any atom is -0.508 e. The molecule has 102 valence electrons. The van der Waals surface area contributed by atoms with E-state index in [0.29, 0.717) is 12.3 Å². The van der Waals surface area contributed by atoms with Gasteiger partial charge in [-0.3, -0.25) is 4.79 Å². The molecule has 1 amide bonds. The van der Waals surface area contributed by atoms with Gasteiger partial charge in [0, 0.05) is 11.3 Å². The van der Waals surface area contributed by atoms with Gasteiger partial charge in [0.05, 0.1) is 11.6 Å². The Hall–Kier alpha value is -2.69. The number of amides is 1. The number of aromatic hydroxyl groups is 1. The zero-order valence-corrected chi connectivity index (χ0v) is 10.7. The fourth-order valence-electron chi connectivity index (χ4n) is 2.26. The molecular formula is C15H14N2O3. The lowest BCUT2D eigenvalue weighted by atomic mass is 10.1. The smallest absolute Gasteiger partial charge is 0.254 e. The average molecular weight is 270 g/mol. The zero-order valence-electron chi connectivity index (χ0n) is 10.7.